The molecule has 0 fully saturated rings. The van der Waals surface area contributed by atoms with E-state index in [2.05, 4.69) is 4.52 Å². The van der Waals surface area contributed by atoms with E-state index in [0.717, 1.165) is 38.9 Å². The van der Waals surface area contributed by atoms with Crippen molar-refractivity contribution in [3.8, 4) is 0 Å². The van der Waals surface area contributed by atoms with E-state index in [0.29, 0.717) is 39.7 Å². The summed E-state index contributed by atoms with van der Waals surface area (Å²) >= 11 is 0. The van der Waals surface area contributed by atoms with Gasteiger partial charge in [-0.05, 0) is 113 Å². The van der Waals surface area contributed by atoms with Gasteiger partial charge in [0.2, 0.25) is 12.7 Å². The van der Waals surface area contributed by atoms with Crippen molar-refractivity contribution in [3.63, 3.8) is 0 Å². The van der Waals surface area contributed by atoms with Crippen molar-refractivity contribution in [1.82, 2.24) is 0 Å². The lowest BCUT2D eigenvalue weighted by atomic mass is 9.87. The average Bonchev–Trinajstić information content (AvgIpc) is 3.07. The second kappa shape index (κ2) is 16.8. The van der Waals surface area contributed by atoms with Gasteiger partial charge in [-0.3, -0.25) is 14.4 Å². The Balaban J connectivity index is 0.00000113. The Morgan fingerprint density at radius 2 is 0.981 bits per heavy atom. The highest BCUT2D eigenvalue weighted by Crippen LogP contribution is 2.50. The first-order valence-electron chi connectivity index (χ1n) is 17.2. The Morgan fingerprint density at radius 1 is 0.558 bits per heavy atom. The molecule has 0 saturated carbocycles. The van der Waals surface area contributed by atoms with Crippen LogP contribution >= 0.6 is 15.8 Å². The molecule has 8 heteroatoms. The van der Waals surface area contributed by atoms with E-state index in [1.165, 1.54) is 0 Å². The number of hydrogen-bond acceptors (Lipinski definition) is 6. The van der Waals surface area contributed by atoms with Crippen LogP contribution in [0.3, 0.4) is 0 Å². The Bertz CT molecular complexity index is 2180. The molecule has 0 aliphatic rings. The Kier molecular flexibility index (Phi) is 13.0. The first kappa shape index (κ1) is 40.2. The molecule has 0 bridgehead atoms. The van der Waals surface area contributed by atoms with Crippen LogP contribution < -0.4 is 10.6 Å². The SMILES string of the molecule is CCO[PH+]=O.Cc1cc(C)c(C(=O)c2cccc(P(=O)(C(=O)c3c(C)cc(C)cc3C)c3ccccc3)c2C(=O)c2c(C)cc(C)cc2C)c(C)c1. The van der Waals surface area contributed by atoms with Gasteiger partial charge >= 0.3 is 8.69 Å². The lowest BCUT2D eigenvalue weighted by Crippen LogP contribution is -2.30. The van der Waals surface area contributed by atoms with Crippen LogP contribution in [0, 0.1) is 62.3 Å². The smallest absolute Gasteiger partial charge is 0.305 e. The third-order valence-corrected chi connectivity index (χ3v) is 12.4. The van der Waals surface area contributed by atoms with Gasteiger partial charge in [-0.1, -0.05) is 95.6 Å². The van der Waals surface area contributed by atoms with Crippen LogP contribution in [0.15, 0.2) is 84.9 Å². The van der Waals surface area contributed by atoms with Crippen molar-refractivity contribution >= 4 is 43.5 Å². The summed E-state index contributed by atoms with van der Waals surface area (Å²) in [5.74, 6) is -0.773. The first-order valence-corrected chi connectivity index (χ1v) is 19.8. The molecule has 0 aliphatic heterocycles. The molecule has 0 heterocycles. The monoisotopic (exact) mass is 733 g/mol. The van der Waals surface area contributed by atoms with Crippen LogP contribution in [0.1, 0.15) is 99.2 Å². The van der Waals surface area contributed by atoms with Gasteiger partial charge in [-0.15, -0.1) is 4.52 Å². The Hall–Kier alpha value is -4.60. The lowest BCUT2D eigenvalue weighted by molar-refractivity contribution is 0.100. The highest BCUT2D eigenvalue weighted by atomic mass is 31.2. The second-order valence-corrected chi connectivity index (χ2v) is 16.5. The van der Waals surface area contributed by atoms with Crippen molar-refractivity contribution in [2.45, 2.75) is 69.2 Å². The summed E-state index contributed by atoms with van der Waals surface area (Å²) in [4.78, 5) is 44.6. The average molecular weight is 734 g/mol. The molecular formula is C44H47O6P2+. The molecule has 5 rings (SSSR count). The summed E-state index contributed by atoms with van der Waals surface area (Å²) in [6.45, 7) is 19.4. The molecule has 0 amide bonds. The topological polar surface area (TPSA) is 94.6 Å². The molecule has 268 valence electrons. The molecule has 2 unspecified atom stereocenters. The zero-order chi connectivity index (χ0) is 38.5. The van der Waals surface area contributed by atoms with Gasteiger partial charge in [-0.25, -0.2) is 0 Å². The minimum absolute atomic E-state index is 0.00915. The maximum Gasteiger partial charge on any atom is 0.494 e. The van der Waals surface area contributed by atoms with Gasteiger partial charge < -0.3 is 4.57 Å². The van der Waals surface area contributed by atoms with E-state index in [9.17, 15) is 14.2 Å². The van der Waals surface area contributed by atoms with E-state index in [1.807, 2.05) is 98.7 Å². The molecular weight excluding hydrogens is 686 g/mol. The van der Waals surface area contributed by atoms with Gasteiger partial charge in [0.1, 0.15) is 0 Å². The maximum atomic E-state index is 16.0. The zero-order valence-corrected chi connectivity index (χ0v) is 33.6. The minimum atomic E-state index is -4.26. The zero-order valence-electron chi connectivity index (χ0n) is 31.7. The van der Waals surface area contributed by atoms with E-state index in [4.69, 9.17) is 0 Å². The number of hydrogen-bond donors (Lipinski definition) is 0. The first-order chi connectivity index (χ1) is 24.6. The van der Waals surface area contributed by atoms with Crippen molar-refractivity contribution in [3.05, 3.63) is 163 Å². The van der Waals surface area contributed by atoms with Crippen LogP contribution in [-0.2, 0) is 13.7 Å². The van der Waals surface area contributed by atoms with Crippen LogP contribution in [0.5, 0.6) is 0 Å². The summed E-state index contributed by atoms with van der Waals surface area (Å²) in [6.07, 6.45) is 0. The third-order valence-electron chi connectivity index (χ3n) is 9.16. The lowest BCUT2D eigenvalue weighted by Gasteiger charge is -2.25. The number of carbonyl (C=O) groups excluding carboxylic acids is 3. The predicted molar refractivity (Wildman–Crippen MR) is 214 cm³/mol. The van der Waals surface area contributed by atoms with E-state index < -0.39 is 27.1 Å². The fourth-order valence-electron chi connectivity index (χ4n) is 7.30. The standard InChI is InChI=1S/C42H41O4P.C2H6O2P/c1-24-18-27(4)36(28(5)19-24)40(43)34-16-13-17-35(39(34)41(44)37-29(6)20-25(2)21-30(37)7)47(46,33-14-11-10-12-15-33)42(45)38-31(8)22-26(3)23-32(38)9;1-2-4-5-3/h10-23H,1-9H3;5H,2H2,1H3/q;+1. The van der Waals surface area contributed by atoms with Gasteiger partial charge in [-0.2, -0.15) is 0 Å². The number of rotatable bonds is 10. The number of carbonyl (C=O) groups is 3. The molecule has 0 radical (unpaired) electrons. The minimum Gasteiger partial charge on any atom is -0.305 e. The Labute approximate surface area is 309 Å². The van der Waals surface area contributed by atoms with E-state index >= 15 is 9.36 Å². The summed E-state index contributed by atoms with van der Waals surface area (Å²) in [7, 11) is -4.85. The second-order valence-electron chi connectivity index (χ2n) is 13.4. The summed E-state index contributed by atoms with van der Waals surface area (Å²) in [5, 5.41) is 0.383. The molecule has 0 saturated heterocycles. The maximum absolute atomic E-state index is 16.0. The van der Waals surface area contributed by atoms with Crippen LogP contribution in [0.2, 0.25) is 0 Å². The quantitative estimate of drug-likeness (QED) is 0.105. The molecule has 2 atom stereocenters. The van der Waals surface area contributed by atoms with Crippen LogP contribution in [0.4, 0.5) is 0 Å². The van der Waals surface area contributed by atoms with Gasteiger partial charge in [0.05, 0.1) is 6.61 Å². The Morgan fingerprint density at radius 3 is 1.38 bits per heavy atom. The summed E-state index contributed by atoms with van der Waals surface area (Å²) in [5.41, 5.74) is 8.36. The third kappa shape index (κ3) is 8.06. The number of aryl methyl sites for hydroxylation is 9. The fourth-order valence-corrected chi connectivity index (χ4v) is 10.2. The van der Waals surface area contributed by atoms with Gasteiger partial charge in [0.15, 0.2) is 11.6 Å². The van der Waals surface area contributed by atoms with Crippen molar-refractivity contribution < 1.29 is 28.0 Å². The van der Waals surface area contributed by atoms with Crippen LogP contribution in [-0.4, -0.2) is 23.7 Å². The summed E-state index contributed by atoms with van der Waals surface area (Å²) < 4.78 is 29.6. The van der Waals surface area contributed by atoms with Crippen molar-refractivity contribution in [1.29, 1.82) is 0 Å². The number of ketones is 2. The molecule has 5 aromatic rings. The fraction of sp³-hybridized carbons (Fsp3) is 0.250. The van der Waals surface area contributed by atoms with E-state index in [1.54, 1.807) is 55.5 Å². The largest absolute Gasteiger partial charge is 0.494 e. The molecule has 52 heavy (non-hydrogen) atoms. The van der Waals surface area contributed by atoms with Crippen molar-refractivity contribution in [2.24, 2.45) is 0 Å². The molecule has 5 aromatic carbocycles. The molecule has 0 aliphatic carbocycles. The normalized spacial score (nSPS) is 12.1. The molecule has 0 spiro atoms. The van der Waals surface area contributed by atoms with Crippen LogP contribution in [0.25, 0.3) is 0 Å². The van der Waals surface area contributed by atoms with E-state index in [-0.39, 0.29) is 22.2 Å². The predicted octanol–water partition coefficient (Wildman–Crippen LogP) is 10.0. The van der Waals surface area contributed by atoms with Gasteiger partial charge in [0, 0.05) is 38.4 Å². The molecule has 0 aromatic heterocycles. The summed E-state index contributed by atoms with van der Waals surface area (Å²) in [6, 6.07) is 25.1. The van der Waals surface area contributed by atoms with Crippen molar-refractivity contribution in [2.75, 3.05) is 6.61 Å². The number of benzene rings is 5. The van der Waals surface area contributed by atoms with Gasteiger partial charge in [0.25, 0.3) is 0 Å². The highest BCUT2D eigenvalue weighted by molar-refractivity contribution is 7.93. The molecule has 6 nitrogen and oxygen atoms in total. The highest BCUT2D eigenvalue weighted by Gasteiger charge is 2.42. The molecule has 0 N–H and O–H groups in total.